The summed E-state index contributed by atoms with van der Waals surface area (Å²) in [4.78, 5) is 2.37. The molecule has 0 bridgehead atoms. The smallest absolute Gasteiger partial charge is 0.137 e. The van der Waals surface area contributed by atoms with Crippen molar-refractivity contribution in [2.45, 2.75) is 19.3 Å². The van der Waals surface area contributed by atoms with E-state index in [-0.39, 0.29) is 5.41 Å². The van der Waals surface area contributed by atoms with Crippen LogP contribution < -0.4 is 4.90 Å². The molecule has 0 spiro atoms. The van der Waals surface area contributed by atoms with Gasteiger partial charge in [0.1, 0.15) is 11.2 Å². The molecule has 0 aliphatic heterocycles. The van der Waals surface area contributed by atoms with Crippen LogP contribution in [0.1, 0.15) is 25.0 Å². The molecule has 2 nitrogen and oxygen atoms in total. The highest BCUT2D eigenvalue weighted by molar-refractivity contribution is 6.13. The highest BCUT2D eigenvalue weighted by Crippen LogP contribution is 2.50. The fourth-order valence-corrected chi connectivity index (χ4v) is 9.11. The van der Waals surface area contributed by atoms with Crippen molar-refractivity contribution in [3.05, 3.63) is 211 Å². The van der Waals surface area contributed by atoms with E-state index >= 15 is 0 Å². The number of rotatable bonds is 6. The Kier molecular flexibility index (Phi) is 7.55. The molecule has 1 aliphatic rings. The number of fused-ring (bicyclic) bond motifs is 7. The number of para-hydroxylation sites is 1. The first-order valence-electron chi connectivity index (χ1n) is 19.7. The van der Waals surface area contributed by atoms with Crippen molar-refractivity contribution in [1.82, 2.24) is 0 Å². The first kappa shape index (κ1) is 33.2. The van der Waals surface area contributed by atoms with Crippen molar-refractivity contribution in [2.24, 2.45) is 0 Å². The summed E-state index contributed by atoms with van der Waals surface area (Å²) in [6.45, 7) is 4.69. The molecule has 270 valence electrons. The quantitative estimate of drug-likeness (QED) is 0.169. The largest absolute Gasteiger partial charge is 0.456 e. The van der Waals surface area contributed by atoms with Crippen LogP contribution in [0.2, 0.25) is 0 Å². The molecule has 10 aromatic rings. The Labute approximate surface area is 332 Å². The Balaban J connectivity index is 0.988. The van der Waals surface area contributed by atoms with Gasteiger partial charge in [-0.05, 0) is 127 Å². The predicted molar refractivity (Wildman–Crippen MR) is 240 cm³/mol. The summed E-state index contributed by atoms with van der Waals surface area (Å²) in [6, 6.07) is 72.6. The summed E-state index contributed by atoms with van der Waals surface area (Å²) in [5, 5.41) is 4.71. The SMILES string of the molecule is CC1(C)c2ccccc2-c2ccc(-c3ccc(N(c4ccc(-c5cccc(-c6ccc7ccccc7c6)c5)cc4)c4cccc5oc6ccccc6c45)cc3)cc21. The minimum Gasteiger partial charge on any atom is -0.456 e. The van der Waals surface area contributed by atoms with Gasteiger partial charge in [0.2, 0.25) is 0 Å². The van der Waals surface area contributed by atoms with Crippen LogP contribution in [-0.4, -0.2) is 0 Å². The van der Waals surface area contributed by atoms with E-state index in [2.05, 4.69) is 213 Å². The Morgan fingerprint density at radius 3 is 1.74 bits per heavy atom. The topological polar surface area (TPSA) is 16.4 Å². The molecular formula is C55H39NO. The van der Waals surface area contributed by atoms with Crippen molar-refractivity contribution in [3.63, 3.8) is 0 Å². The van der Waals surface area contributed by atoms with Gasteiger partial charge in [-0.1, -0.05) is 153 Å². The fourth-order valence-electron chi connectivity index (χ4n) is 9.11. The van der Waals surface area contributed by atoms with E-state index in [1.807, 2.05) is 6.07 Å². The normalized spacial score (nSPS) is 12.9. The lowest BCUT2D eigenvalue weighted by Gasteiger charge is -2.27. The van der Waals surface area contributed by atoms with E-state index in [0.717, 1.165) is 39.0 Å². The molecule has 0 fully saturated rings. The first-order chi connectivity index (χ1) is 28.0. The van der Waals surface area contributed by atoms with Gasteiger partial charge in [-0.3, -0.25) is 0 Å². The zero-order chi connectivity index (χ0) is 38.1. The highest BCUT2D eigenvalue weighted by Gasteiger charge is 2.35. The Morgan fingerprint density at radius 1 is 0.386 bits per heavy atom. The van der Waals surface area contributed by atoms with Gasteiger partial charge in [-0.2, -0.15) is 0 Å². The van der Waals surface area contributed by atoms with Crippen LogP contribution in [0.4, 0.5) is 17.1 Å². The third-order valence-electron chi connectivity index (χ3n) is 12.1. The second-order valence-electron chi connectivity index (χ2n) is 15.8. The molecule has 0 radical (unpaired) electrons. The Bertz CT molecular complexity index is 3150. The van der Waals surface area contributed by atoms with Crippen molar-refractivity contribution >= 4 is 49.8 Å². The second-order valence-corrected chi connectivity index (χ2v) is 15.8. The second kappa shape index (κ2) is 13.0. The molecule has 1 aromatic heterocycles. The van der Waals surface area contributed by atoms with E-state index in [9.17, 15) is 0 Å². The molecule has 1 heterocycles. The van der Waals surface area contributed by atoms with Gasteiger partial charge >= 0.3 is 0 Å². The summed E-state index contributed by atoms with van der Waals surface area (Å²) in [5.41, 5.74) is 17.6. The van der Waals surface area contributed by atoms with Gasteiger partial charge in [-0.15, -0.1) is 0 Å². The molecule has 0 N–H and O–H groups in total. The van der Waals surface area contributed by atoms with E-state index in [1.54, 1.807) is 0 Å². The Hall–Kier alpha value is -7.16. The monoisotopic (exact) mass is 729 g/mol. The lowest BCUT2D eigenvalue weighted by atomic mass is 9.81. The zero-order valence-corrected chi connectivity index (χ0v) is 31.9. The molecular weight excluding hydrogens is 691 g/mol. The summed E-state index contributed by atoms with van der Waals surface area (Å²) in [7, 11) is 0. The molecule has 0 atom stereocenters. The van der Waals surface area contributed by atoms with E-state index in [1.165, 1.54) is 66.4 Å². The molecule has 57 heavy (non-hydrogen) atoms. The van der Waals surface area contributed by atoms with Crippen LogP contribution >= 0.6 is 0 Å². The van der Waals surface area contributed by atoms with E-state index < -0.39 is 0 Å². The minimum absolute atomic E-state index is 0.0470. The molecule has 1 aliphatic carbocycles. The molecule has 11 rings (SSSR count). The summed E-state index contributed by atoms with van der Waals surface area (Å²) >= 11 is 0. The van der Waals surface area contributed by atoms with Crippen molar-refractivity contribution in [1.29, 1.82) is 0 Å². The van der Waals surface area contributed by atoms with Crippen LogP contribution in [0.5, 0.6) is 0 Å². The summed E-state index contributed by atoms with van der Waals surface area (Å²) < 4.78 is 6.39. The van der Waals surface area contributed by atoms with Crippen LogP contribution in [0.15, 0.2) is 205 Å². The maximum absolute atomic E-state index is 6.39. The average molecular weight is 730 g/mol. The third-order valence-corrected chi connectivity index (χ3v) is 12.1. The lowest BCUT2D eigenvalue weighted by Crippen LogP contribution is -2.14. The maximum atomic E-state index is 6.39. The first-order valence-corrected chi connectivity index (χ1v) is 19.7. The van der Waals surface area contributed by atoms with Crippen molar-refractivity contribution < 1.29 is 4.42 Å². The highest BCUT2D eigenvalue weighted by atomic mass is 16.3. The number of furan rings is 1. The fraction of sp³-hybridized carbons (Fsp3) is 0.0545. The van der Waals surface area contributed by atoms with Crippen molar-refractivity contribution in [2.75, 3.05) is 4.90 Å². The maximum Gasteiger partial charge on any atom is 0.137 e. The summed E-state index contributed by atoms with van der Waals surface area (Å²) in [5.74, 6) is 0. The van der Waals surface area contributed by atoms with Gasteiger partial charge in [0.15, 0.2) is 0 Å². The Morgan fingerprint density at radius 2 is 0.947 bits per heavy atom. The number of anilines is 3. The molecule has 0 saturated carbocycles. The predicted octanol–water partition coefficient (Wildman–Crippen LogP) is 15.5. The van der Waals surface area contributed by atoms with Crippen LogP contribution in [0, 0.1) is 0 Å². The molecule has 0 amide bonds. The van der Waals surface area contributed by atoms with Crippen LogP contribution in [-0.2, 0) is 5.41 Å². The molecule has 2 heteroatoms. The third kappa shape index (κ3) is 5.48. The average Bonchev–Trinajstić information content (AvgIpc) is 3.76. The molecule has 0 unspecified atom stereocenters. The minimum atomic E-state index is -0.0470. The standard InChI is InChI=1S/C55H39NO/c1-55(2)49-17-7-5-15-46(49)47-32-27-43(35-50(47)55)38-25-30-45(31-26-38)56(51-18-10-20-53-54(51)48-16-6-8-19-52(48)57-53)44-28-23-37(24-29-44)40-13-9-14-41(33-40)42-22-21-36-11-3-4-12-39(36)34-42/h3-35H,1-2H3. The number of benzene rings is 9. The van der Waals surface area contributed by atoms with E-state index in [0.29, 0.717) is 0 Å². The van der Waals surface area contributed by atoms with Gasteiger partial charge < -0.3 is 9.32 Å². The molecule has 0 saturated heterocycles. The van der Waals surface area contributed by atoms with Gasteiger partial charge in [-0.25, -0.2) is 0 Å². The van der Waals surface area contributed by atoms with E-state index in [4.69, 9.17) is 4.42 Å². The van der Waals surface area contributed by atoms with Gasteiger partial charge in [0.05, 0.1) is 11.1 Å². The lowest BCUT2D eigenvalue weighted by molar-refractivity contribution is 0.660. The number of nitrogens with zero attached hydrogens (tertiary/aromatic N) is 1. The molecule has 9 aromatic carbocycles. The number of hydrogen-bond donors (Lipinski definition) is 0. The van der Waals surface area contributed by atoms with Crippen LogP contribution in [0.3, 0.4) is 0 Å². The van der Waals surface area contributed by atoms with Gasteiger partial charge in [0.25, 0.3) is 0 Å². The van der Waals surface area contributed by atoms with Crippen molar-refractivity contribution in [3.8, 4) is 44.5 Å². The van der Waals surface area contributed by atoms with Gasteiger partial charge in [0, 0.05) is 22.2 Å². The summed E-state index contributed by atoms with van der Waals surface area (Å²) in [6.07, 6.45) is 0. The zero-order valence-electron chi connectivity index (χ0n) is 31.9. The number of hydrogen-bond acceptors (Lipinski definition) is 2. The van der Waals surface area contributed by atoms with Crippen LogP contribution in [0.25, 0.3) is 77.2 Å².